The molecule has 2 N–H and O–H groups in total. The first-order valence-corrected chi connectivity index (χ1v) is 9.30. The summed E-state index contributed by atoms with van der Waals surface area (Å²) < 4.78 is 0. The number of thiazole rings is 1. The molecule has 1 aliphatic heterocycles. The van der Waals surface area contributed by atoms with Crippen molar-refractivity contribution in [3.8, 4) is 0 Å². The smallest absolute Gasteiger partial charge is 0.227 e. The molecule has 8 nitrogen and oxygen atoms in total. The van der Waals surface area contributed by atoms with Gasteiger partial charge in [0.25, 0.3) is 0 Å². The first kappa shape index (κ1) is 16.6. The third-order valence-electron chi connectivity index (χ3n) is 4.53. The molecule has 0 saturated carbocycles. The third kappa shape index (κ3) is 3.17. The minimum absolute atomic E-state index is 0.112. The van der Waals surface area contributed by atoms with Crippen molar-refractivity contribution in [1.29, 1.82) is 0 Å². The van der Waals surface area contributed by atoms with Gasteiger partial charge in [-0.1, -0.05) is 6.07 Å². The summed E-state index contributed by atoms with van der Waals surface area (Å²) >= 11 is 1.45. The molecule has 9 heteroatoms. The van der Waals surface area contributed by atoms with Crippen LogP contribution in [0.15, 0.2) is 30.0 Å². The highest BCUT2D eigenvalue weighted by Gasteiger charge is 2.29. The molecule has 0 aromatic carbocycles. The van der Waals surface area contributed by atoms with E-state index in [0.717, 1.165) is 21.7 Å². The van der Waals surface area contributed by atoms with Gasteiger partial charge in [0.2, 0.25) is 11.9 Å². The Morgan fingerprint density at radius 1 is 1.38 bits per heavy atom. The minimum atomic E-state index is 0.112. The Balaban J connectivity index is 1.50. The molecule has 0 aliphatic carbocycles. The summed E-state index contributed by atoms with van der Waals surface area (Å²) in [5.74, 6) is 1.12. The van der Waals surface area contributed by atoms with Crippen molar-refractivity contribution < 1.29 is 4.79 Å². The molecule has 4 heterocycles. The van der Waals surface area contributed by atoms with Gasteiger partial charge in [-0.05, 0) is 18.6 Å². The van der Waals surface area contributed by atoms with Crippen LogP contribution >= 0.6 is 11.3 Å². The number of hydrogen-bond acceptors (Lipinski definition) is 8. The minimum Gasteiger partial charge on any atom is -0.368 e. The molecule has 1 fully saturated rings. The first-order chi connectivity index (χ1) is 12.6. The first-order valence-electron chi connectivity index (χ1n) is 8.42. The number of carbonyl (C=O) groups excluding carboxylic acids is 1. The maximum Gasteiger partial charge on any atom is 0.227 e. The summed E-state index contributed by atoms with van der Waals surface area (Å²) in [6.45, 7) is 4.04. The molecule has 1 saturated heterocycles. The van der Waals surface area contributed by atoms with E-state index in [1.54, 1.807) is 17.9 Å². The Morgan fingerprint density at radius 2 is 2.27 bits per heavy atom. The van der Waals surface area contributed by atoms with Gasteiger partial charge in [-0.25, -0.2) is 9.97 Å². The van der Waals surface area contributed by atoms with Crippen molar-refractivity contribution in [1.82, 2.24) is 24.8 Å². The Bertz CT molecular complexity index is 929. The number of nitrogens with two attached hydrogens (primary N) is 1. The number of hydrogen-bond donors (Lipinski definition) is 1. The zero-order valence-corrected chi connectivity index (χ0v) is 15.2. The highest BCUT2D eigenvalue weighted by molar-refractivity contribution is 7.16. The van der Waals surface area contributed by atoms with E-state index in [2.05, 4.69) is 31.8 Å². The maximum atomic E-state index is 12.6. The number of anilines is 2. The number of piperazine rings is 1. The standard InChI is InChI=1S/C17H19N7OS/c1-11-9-23(13(25)7-12-3-2-4-19-8-12)5-6-24(11)15-14-16(26-10-20-14)22-17(18)21-15/h2-4,8,10-11H,5-7,9H2,1H3,(H2,18,21,22). The van der Waals surface area contributed by atoms with Crippen molar-refractivity contribution in [2.45, 2.75) is 19.4 Å². The van der Waals surface area contributed by atoms with E-state index in [9.17, 15) is 4.79 Å². The Hall–Kier alpha value is -2.81. The van der Waals surface area contributed by atoms with E-state index >= 15 is 0 Å². The van der Waals surface area contributed by atoms with Gasteiger partial charge in [-0.2, -0.15) is 4.98 Å². The number of nitrogen functional groups attached to an aromatic ring is 1. The molecule has 0 bridgehead atoms. The van der Waals surface area contributed by atoms with Crippen LogP contribution in [0.1, 0.15) is 12.5 Å². The van der Waals surface area contributed by atoms with E-state index < -0.39 is 0 Å². The van der Waals surface area contributed by atoms with Gasteiger partial charge in [-0.3, -0.25) is 9.78 Å². The second-order valence-electron chi connectivity index (χ2n) is 6.33. The zero-order valence-electron chi connectivity index (χ0n) is 14.4. The van der Waals surface area contributed by atoms with Crippen LogP contribution in [0.5, 0.6) is 0 Å². The zero-order chi connectivity index (χ0) is 18.1. The molecule has 3 aromatic heterocycles. The fraction of sp³-hybridized carbons (Fsp3) is 0.353. The number of rotatable bonds is 3. The second-order valence-corrected chi connectivity index (χ2v) is 7.16. The number of pyridine rings is 1. The van der Waals surface area contributed by atoms with Crippen LogP contribution in [-0.4, -0.2) is 56.4 Å². The molecule has 1 amide bonds. The van der Waals surface area contributed by atoms with Gasteiger partial charge in [0.15, 0.2) is 10.6 Å². The molecule has 1 atom stereocenters. The fourth-order valence-corrected chi connectivity index (χ4v) is 3.91. The highest BCUT2D eigenvalue weighted by Crippen LogP contribution is 2.28. The van der Waals surface area contributed by atoms with Gasteiger partial charge in [-0.15, -0.1) is 11.3 Å². The predicted molar refractivity (Wildman–Crippen MR) is 101 cm³/mol. The van der Waals surface area contributed by atoms with Gasteiger partial charge in [0, 0.05) is 38.1 Å². The normalized spacial score (nSPS) is 17.7. The Kier molecular flexibility index (Phi) is 4.37. The maximum absolute atomic E-state index is 12.6. The summed E-state index contributed by atoms with van der Waals surface area (Å²) in [5.41, 5.74) is 9.31. The van der Waals surface area contributed by atoms with E-state index in [1.807, 2.05) is 17.0 Å². The van der Waals surface area contributed by atoms with E-state index in [4.69, 9.17) is 5.73 Å². The highest BCUT2D eigenvalue weighted by atomic mass is 32.1. The summed E-state index contributed by atoms with van der Waals surface area (Å²) in [6.07, 6.45) is 3.82. The van der Waals surface area contributed by atoms with Crippen LogP contribution < -0.4 is 10.6 Å². The van der Waals surface area contributed by atoms with Crippen LogP contribution in [0, 0.1) is 0 Å². The van der Waals surface area contributed by atoms with Crippen LogP contribution in [0.25, 0.3) is 10.3 Å². The number of aromatic nitrogens is 4. The van der Waals surface area contributed by atoms with E-state index in [1.165, 1.54) is 11.3 Å². The lowest BCUT2D eigenvalue weighted by atomic mass is 10.1. The van der Waals surface area contributed by atoms with Crippen molar-refractivity contribution in [2.75, 3.05) is 30.3 Å². The van der Waals surface area contributed by atoms with E-state index in [-0.39, 0.29) is 17.9 Å². The van der Waals surface area contributed by atoms with Crippen LogP contribution in [-0.2, 0) is 11.2 Å². The third-order valence-corrected chi connectivity index (χ3v) is 5.25. The second kappa shape index (κ2) is 6.83. The molecule has 4 rings (SSSR count). The van der Waals surface area contributed by atoms with Gasteiger partial charge >= 0.3 is 0 Å². The monoisotopic (exact) mass is 369 g/mol. The molecular weight excluding hydrogens is 350 g/mol. The van der Waals surface area contributed by atoms with Gasteiger partial charge < -0.3 is 15.5 Å². The summed E-state index contributed by atoms with van der Waals surface area (Å²) in [5, 5.41) is 0. The molecule has 1 aliphatic rings. The van der Waals surface area contributed by atoms with Crippen molar-refractivity contribution in [2.24, 2.45) is 0 Å². The largest absolute Gasteiger partial charge is 0.368 e. The van der Waals surface area contributed by atoms with Crippen LogP contribution in [0.2, 0.25) is 0 Å². The number of fused-ring (bicyclic) bond motifs is 1. The molecule has 26 heavy (non-hydrogen) atoms. The van der Waals surface area contributed by atoms with Crippen molar-refractivity contribution >= 4 is 39.4 Å². The lowest BCUT2D eigenvalue weighted by molar-refractivity contribution is -0.131. The molecule has 0 radical (unpaired) electrons. The topological polar surface area (TPSA) is 101 Å². The van der Waals surface area contributed by atoms with E-state index in [0.29, 0.717) is 26.1 Å². The van der Waals surface area contributed by atoms with Crippen LogP contribution in [0.4, 0.5) is 11.8 Å². The summed E-state index contributed by atoms with van der Waals surface area (Å²) in [4.78, 5) is 34.6. The number of nitrogens with zero attached hydrogens (tertiary/aromatic N) is 6. The summed E-state index contributed by atoms with van der Waals surface area (Å²) in [7, 11) is 0. The lowest BCUT2D eigenvalue weighted by Crippen LogP contribution is -2.54. The Morgan fingerprint density at radius 3 is 3.04 bits per heavy atom. The predicted octanol–water partition coefficient (Wildman–Crippen LogP) is 1.34. The fourth-order valence-electron chi connectivity index (χ4n) is 3.25. The lowest BCUT2D eigenvalue weighted by Gasteiger charge is -2.40. The average molecular weight is 369 g/mol. The number of carbonyl (C=O) groups is 1. The van der Waals surface area contributed by atoms with Crippen molar-refractivity contribution in [3.05, 3.63) is 35.6 Å². The van der Waals surface area contributed by atoms with Gasteiger partial charge in [0.05, 0.1) is 11.9 Å². The number of amides is 1. The Labute approximate surface area is 154 Å². The quantitative estimate of drug-likeness (QED) is 0.743. The molecule has 134 valence electrons. The van der Waals surface area contributed by atoms with Crippen molar-refractivity contribution in [3.63, 3.8) is 0 Å². The van der Waals surface area contributed by atoms with Crippen LogP contribution in [0.3, 0.4) is 0 Å². The molecule has 1 unspecified atom stereocenters. The molecular formula is C17H19N7OS. The SMILES string of the molecule is CC1CN(C(=O)Cc2cccnc2)CCN1c1nc(N)nc2scnc12. The molecule has 3 aromatic rings. The average Bonchev–Trinajstić information content (AvgIpc) is 3.10. The molecule has 0 spiro atoms. The van der Waals surface area contributed by atoms with Gasteiger partial charge in [0.1, 0.15) is 5.52 Å². The summed E-state index contributed by atoms with van der Waals surface area (Å²) in [6, 6.07) is 3.88.